The lowest BCUT2D eigenvalue weighted by molar-refractivity contribution is -0.142. The highest BCUT2D eigenvalue weighted by Gasteiger charge is 2.36. The molecule has 0 aromatic heterocycles. The molecule has 10 heteroatoms. The van der Waals surface area contributed by atoms with Gasteiger partial charge in [0.1, 0.15) is 30.0 Å². The second-order valence-electron chi connectivity index (χ2n) is 9.95. The van der Waals surface area contributed by atoms with Crippen LogP contribution in [0.15, 0.2) is 42.5 Å². The number of alkyl carbamates (subject to hydrolysis) is 1. The van der Waals surface area contributed by atoms with Crippen LogP contribution in [0.2, 0.25) is 0 Å². The zero-order valence-corrected chi connectivity index (χ0v) is 23.0. The third-order valence-corrected chi connectivity index (χ3v) is 5.73. The molecule has 0 aliphatic carbocycles. The molecule has 0 spiro atoms. The van der Waals surface area contributed by atoms with E-state index in [4.69, 9.17) is 11.2 Å². The van der Waals surface area contributed by atoms with Gasteiger partial charge in [-0.05, 0) is 69.0 Å². The van der Waals surface area contributed by atoms with Crippen LogP contribution in [0.5, 0.6) is 5.75 Å². The second-order valence-corrected chi connectivity index (χ2v) is 9.95. The highest BCUT2D eigenvalue weighted by atomic mass is 16.6. The van der Waals surface area contributed by atoms with Gasteiger partial charge in [0, 0.05) is 12.5 Å². The van der Waals surface area contributed by atoms with Crippen LogP contribution in [0.1, 0.15) is 49.1 Å². The first-order valence-corrected chi connectivity index (χ1v) is 12.2. The predicted octanol–water partition coefficient (Wildman–Crippen LogP) is 2.89. The first kappa shape index (κ1) is 30.7. The molecule has 0 saturated carbocycles. The number of carbonyl (C=O) groups excluding carboxylic acids is 4. The zero-order chi connectivity index (χ0) is 29.3. The van der Waals surface area contributed by atoms with E-state index in [-0.39, 0.29) is 12.2 Å². The number of terminal acetylenes is 1. The lowest BCUT2D eigenvalue weighted by atomic mass is 9.98. The average molecular weight is 538 g/mol. The molecule has 2 aromatic rings. The summed E-state index contributed by atoms with van der Waals surface area (Å²) in [5.74, 6) is -2.12. The molecule has 2 aromatic carbocycles. The Morgan fingerprint density at radius 1 is 1.05 bits per heavy atom. The van der Waals surface area contributed by atoms with Crippen LogP contribution in [0, 0.1) is 26.3 Å². The van der Waals surface area contributed by atoms with Crippen molar-refractivity contribution in [3.05, 3.63) is 64.7 Å². The van der Waals surface area contributed by atoms with Crippen molar-refractivity contribution in [2.24, 2.45) is 0 Å². The van der Waals surface area contributed by atoms with Crippen molar-refractivity contribution >= 4 is 23.9 Å². The number of ether oxygens (including phenoxy) is 2. The third kappa shape index (κ3) is 9.07. The van der Waals surface area contributed by atoms with Crippen LogP contribution in [0.25, 0.3) is 0 Å². The number of methoxy groups -OCH3 is 1. The SMILES string of the molecule is C#CN(C(=O)C(Cc1ccc(O)cc1)NC(=O)OC(C)(C)C)C(C(=O)NCC(=O)OC)c1ccc(C)c(C)c1. The Morgan fingerprint density at radius 3 is 2.23 bits per heavy atom. The molecule has 3 amide bonds. The maximum absolute atomic E-state index is 13.9. The van der Waals surface area contributed by atoms with Gasteiger partial charge in [0.05, 0.1) is 7.11 Å². The Bertz CT molecular complexity index is 1240. The molecule has 2 atom stereocenters. The molecule has 3 N–H and O–H groups in total. The summed E-state index contributed by atoms with van der Waals surface area (Å²) in [5.41, 5.74) is 2.00. The van der Waals surface area contributed by atoms with Crippen molar-refractivity contribution < 1.29 is 33.8 Å². The van der Waals surface area contributed by atoms with E-state index < -0.39 is 48.1 Å². The Balaban J connectivity index is 2.51. The van der Waals surface area contributed by atoms with Gasteiger partial charge in [-0.25, -0.2) is 4.79 Å². The van der Waals surface area contributed by atoms with Crippen molar-refractivity contribution in [1.29, 1.82) is 0 Å². The number of hydrogen-bond donors (Lipinski definition) is 3. The topological polar surface area (TPSA) is 134 Å². The monoisotopic (exact) mass is 537 g/mol. The molecule has 2 rings (SSSR count). The van der Waals surface area contributed by atoms with E-state index in [1.165, 1.54) is 19.2 Å². The fourth-order valence-electron chi connectivity index (χ4n) is 3.63. The molecule has 0 fully saturated rings. The van der Waals surface area contributed by atoms with E-state index in [1.807, 2.05) is 13.8 Å². The molecule has 0 saturated heterocycles. The summed E-state index contributed by atoms with van der Waals surface area (Å²) in [4.78, 5) is 52.5. The minimum atomic E-state index is -1.32. The molecule has 208 valence electrons. The lowest BCUT2D eigenvalue weighted by Gasteiger charge is -2.30. The van der Waals surface area contributed by atoms with Gasteiger partial charge in [-0.1, -0.05) is 36.8 Å². The number of phenolic OH excluding ortho intramolecular Hbond substituents is 1. The molecule has 0 aliphatic heterocycles. The first-order valence-electron chi connectivity index (χ1n) is 12.2. The number of carbonyl (C=O) groups is 4. The minimum Gasteiger partial charge on any atom is -0.508 e. The van der Waals surface area contributed by atoms with Gasteiger partial charge in [0.15, 0.2) is 0 Å². The molecule has 0 heterocycles. The van der Waals surface area contributed by atoms with E-state index in [2.05, 4.69) is 21.4 Å². The average Bonchev–Trinajstić information content (AvgIpc) is 2.86. The number of benzene rings is 2. The van der Waals surface area contributed by atoms with Crippen LogP contribution in [0.3, 0.4) is 0 Å². The number of rotatable bonds is 9. The molecule has 0 bridgehead atoms. The van der Waals surface area contributed by atoms with Crippen LogP contribution >= 0.6 is 0 Å². The number of aryl methyl sites for hydroxylation is 2. The number of nitrogens with one attached hydrogen (secondary N) is 2. The molecular formula is C29H35N3O7. The van der Waals surface area contributed by atoms with E-state index in [0.29, 0.717) is 11.1 Å². The number of hydrogen-bond acceptors (Lipinski definition) is 7. The van der Waals surface area contributed by atoms with E-state index in [1.54, 1.807) is 51.1 Å². The molecule has 2 unspecified atom stereocenters. The van der Waals surface area contributed by atoms with Crippen LogP contribution in [0.4, 0.5) is 4.79 Å². The number of esters is 1. The maximum atomic E-state index is 13.9. The standard InChI is InChI=1S/C29H35N3O7/c1-8-32(25(26(35)30-17-24(34)38-7)21-12-9-18(2)19(3)15-21)27(36)23(31-28(37)39-29(4,5)6)16-20-10-13-22(33)14-11-20/h1,9-15,23,25,33H,16-17H2,2-7H3,(H,30,35)(H,31,37). The normalized spacial score (nSPS) is 12.3. The summed E-state index contributed by atoms with van der Waals surface area (Å²) in [6.07, 6.45) is 4.92. The molecule has 0 radical (unpaired) electrons. The summed E-state index contributed by atoms with van der Waals surface area (Å²) in [6.45, 7) is 8.35. The summed E-state index contributed by atoms with van der Waals surface area (Å²) in [6, 6.07) is 11.0. The van der Waals surface area contributed by atoms with E-state index in [9.17, 15) is 24.3 Å². The molecule has 10 nitrogen and oxygen atoms in total. The summed E-state index contributed by atoms with van der Waals surface area (Å²) >= 11 is 0. The van der Waals surface area contributed by atoms with Gasteiger partial charge in [0.2, 0.25) is 5.91 Å². The predicted molar refractivity (Wildman–Crippen MR) is 144 cm³/mol. The van der Waals surface area contributed by atoms with Crippen molar-refractivity contribution in [1.82, 2.24) is 15.5 Å². The minimum absolute atomic E-state index is 0.0139. The summed E-state index contributed by atoms with van der Waals surface area (Å²) in [7, 11) is 1.18. The Labute approximate surface area is 228 Å². The maximum Gasteiger partial charge on any atom is 0.408 e. The summed E-state index contributed by atoms with van der Waals surface area (Å²) < 4.78 is 9.94. The van der Waals surface area contributed by atoms with Gasteiger partial charge < -0.3 is 25.2 Å². The number of phenols is 1. The third-order valence-electron chi connectivity index (χ3n) is 5.73. The molecular weight excluding hydrogens is 502 g/mol. The fourth-order valence-corrected chi connectivity index (χ4v) is 3.63. The molecule has 39 heavy (non-hydrogen) atoms. The second kappa shape index (κ2) is 13.3. The van der Waals surface area contributed by atoms with Crippen LogP contribution in [-0.2, 0) is 30.3 Å². The van der Waals surface area contributed by atoms with Crippen molar-refractivity contribution in [2.75, 3.05) is 13.7 Å². The first-order chi connectivity index (χ1) is 18.2. The van der Waals surface area contributed by atoms with Gasteiger partial charge in [-0.15, -0.1) is 0 Å². The van der Waals surface area contributed by atoms with Crippen LogP contribution < -0.4 is 10.6 Å². The van der Waals surface area contributed by atoms with Crippen molar-refractivity contribution in [3.63, 3.8) is 0 Å². The highest BCUT2D eigenvalue weighted by Crippen LogP contribution is 2.25. The Kier molecular flexibility index (Phi) is 10.5. The molecule has 0 aliphatic rings. The Morgan fingerprint density at radius 2 is 1.69 bits per heavy atom. The van der Waals surface area contributed by atoms with Crippen molar-refractivity contribution in [3.8, 4) is 18.2 Å². The smallest absolute Gasteiger partial charge is 0.408 e. The summed E-state index contributed by atoms with van der Waals surface area (Å²) in [5, 5.41) is 14.7. The lowest BCUT2D eigenvalue weighted by Crippen LogP contribution is -2.52. The van der Waals surface area contributed by atoms with Gasteiger partial charge >= 0.3 is 12.1 Å². The van der Waals surface area contributed by atoms with E-state index >= 15 is 0 Å². The Hall–Kier alpha value is -4.52. The van der Waals surface area contributed by atoms with E-state index in [0.717, 1.165) is 16.0 Å². The number of nitrogens with zero attached hydrogens (tertiary/aromatic N) is 1. The van der Waals surface area contributed by atoms with Gasteiger partial charge in [0.25, 0.3) is 5.91 Å². The van der Waals surface area contributed by atoms with Gasteiger partial charge in [-0.2, -0.15) is 0 Å². The van der Waals surface area contributed by atoms with Crippen molar-refractivity contribution in [2.45, 2.75) is 58.7 Å². The van der Waals surface area contributed by atoms with Crippen LogP contribution in [-0.4, -0.2) is 59.2 Å². The number of aromatic hydroxyl groups is 1. The zero-order valence-electron chi connectivity index (χ0n) is 23.0. The highest BCUT2D eigenvalue weighted by molar-refractivity contribution is 5.94. The number of amides is 3. The largest absolute Gasteiger partial charge is 0.508 e. The fraction of sp³-hybridized carbons (Fsp3) is 0.379. The van der Waals surface area contributed by atoms with Gasteiger partial charge in [-0.3, -0.25) is 19.3 Å². The quantitative estimate of drug-likeness (QED) is 0.254.